The van der Waals surface area contributed by atoms with Crippen molar-refractivity contribution in [2.45, 2.75) is 6.10 Å². The summed E-state index contributed by atoms with van der Waals surface area (Å²) in [7, 11) is 0. The van der Waals surface area contributed by atoms with E-state index < -0.39 is 0 Å². The van der Waals surface area contributed by atoms with Crippen LogP contribution in [0.5, 0.6) is 17.2 Å². The van der Waals surface area contributed by atoms with Crippen molar-refractivity contribution in [2.24, 2.45) is 0 Å². The Bertz CT molecular complexity index is 1210. The third kappa shape index (κ3) is 2.87. The number of hydrogen-bond donors (Lipinski definition) is 2. The van der Waals surface area contributed by atoms with Gasteiger partial charge in [-0.1, -0.05) is 48.5 Å². The van der Waals surface area contributed by atoms with E-state index in [0.29, 0.717) is 5.75 Å². The van der Waals surface area contributed by atoms with Gasteiger partial charge in [-0.05, 0) is 58.3 Å². The molecule has 1 unspecified atom stereocenters. The number of rotatable bonds is 2. The highest BCUT2D eigenvalue weighted by Crippen LogP contribution is 2.43. The van der Waals surface area contributed by atoms with Crippen molar-refractivity contribution >= 4 is 22.4 Å². The minimum Gasteiger partial charge on any atom is -0.508 e. The van der Waals surface area contributed by atoms with Gasteiger partial charge in [0.25, 0.3) is 0 Å². The molecule has 0 fully saturated rings. The summed E-state index contributed by atoms with van der Waals surface area (Å²) in [6.07, 6.45) is 1.77. The van der Waals surface area contributed by atoms with E-state index in [1.165, 1.54) is 5.39 Å². The lowest BCUT2D eigenvalue weighted by Gasteiger charge is -2.28. The maximum absolute atomic E-state index is 9.87. The summed E-state index contributed by atoms with van der Waals surface area (Å²) < 4.78 is 6.35. The first-order valence-corrected chi connectivity index (χ1v) is 9.17. The van der Waals surface area contributed by atoms with Gasteiger partial charge in [-0.3, -0.25) is 0 Å². The molecular weight excluding hydrogens is 348 g/mol. The van der Waals surface area contributed by atoms with E-state index in [-0.39, 0.29) is 17.6 Å². The Morgan fingerprint density at radius 3 is 2.25 bits per heavy atom. The second-order valence-corrected chi connectivity index (χ2v) is 6.97. The minimum absolute atomic E-state index is 0.178. The van der Waals surface area contributed by atoms with E-state index >= 15 is 0 Å². The van der Waals surface area contributed by atoms with Crippen LogP contribution in [0.2, 0.25) is 0 Å². The molecule has 3 heteroatoms. The minimum atomic E-state index is -0.316. The fourth-order valence-corrected chi connectivity index (χ4v) is 3.69. The van der Waals surface area contributed by atoms with Gasteiger partial charge in [0.15, 0.2) is 0 Å². The Morgan fingerprint density at radius 1 is 0.679 bits per heavy atom. The molecular formula is C25H18O3. The first-order chi connectivity index (χ1) is 13.7. The molecule has 0 aromatic heterocycles. The molecule has 0 radical (unpaired) electrons. The zero-order valence-electron chi connectivity index (χ0n) is 15.0. The molecule has 28 heavy (non-hydrogen) atoms. The first kappa shape index (κ1) is 16.5. The standard InChI is InChI=1S/C25H18O3/c26-21-10-7-17(8-11-21)23-14-19-9-12-22(27)15-24(19)28-25(23)20-6-5-16-3-1-2-4-18(16)13-20/h1-15,25-27H. The lowest BCUT2D eigenvalue weighted by Crippen LogP contribution is -2.14. The zero-order valence-corrected chi connectivity index (χ0v) is 15.0. The summed E-state index contributed by atoms with van der Waals surface area (Å²) >= 11 is 0. The van der Waals surface area contributed by atoms with E-state index in [4.69, 9.17) is 4.74 Å². The van der Waals surface area contributed by atoms with Crippen LogP contribution in [-0.4, -0.2) is 10.2 Å². The van der Waals surface area contributed by atoms with Gasteiger partial charge in [0.05, 0.1) is 0 Å². The molecule has 1 aliphatic rings. The van der Waals surface area contributed by atoms with Crippen molar-refractivity contribution in [3.05, 3.63) is 102 Å². The van der Waals surface area contributed by atoms with Gasteiger partial charge in [-0.15, -0.1) is 0 Å². The summed E-state index contributed by atoms with van der Waals surface area (Å²) in [5, 5.41) is 21.9. The van der Waals surface area contributed by atoms with Crippen LogP contribution >= 0.6 is 0 Å². The van der Waals surface area contributed by atoms with Crippen molar-refractivity contribution in [1.82, 2.24) is 0 Å². The predicted molar refractivity (Wildman–Crippen MR) is 111 cm³/mol. The quantitative estimate of drug-likeness (QED) is 0.463. The fourth-order valence-electron chi connectivity index (χ4n) is 3.69. The molecule has 5 rings (SSSR count). The van der Waals surface area contributed by atoms with Crippen LogP contribution in [0, 0.1) is 0 Å². The van der Waals surface area contributed by atoms with Crippen LogP contribution in [0.1, 0.15) is 22.8 Å². The largest absolute Gasteiger partial charge is 0.508 e. The number of fused-ring (bicyclic) bond motifs is 2. The lowest BCUT2D eigenvalue weighted by atomic mass is 9.90. The first-order valence-electron chi connectivity index (χ1n) is 9.17. The number of aromatic hydroxyl groups is 2. The van der Waals surface area contributed by atoms with Crippen LogP contribution in [0.3, 0.4) is 0 Å². The maximum Gasteiger partial charge on any atom is 0.149 e. The summed E-state index contributed by atoms with van der Waals surface area (Å²) in [5.41, 5.74) is 3.94. The van der Waals surface area contributed by atoms with E-state index in [2.05, 4.69) is 36.4 Å². The average Bonchev–Trinajstić information content (AvgIpc) is 2.73. The Kier molecular flexibility index (Phi) is 3.80. The Labute approximate surface area is 162 Å². The second-order valence-electron chi connectivity index (χ2n) is 6.97. The monoisotopic (exact) mass is 366 g/mol. The smallest absolute Gasteiger partial charge is 0.149 e. The van der Waals surface area contributed by atoms with Crippen LogP contribution in [0.25, 0.3) is 22.4 Å². The van der Waals surface area contributed by atoms with Crippen molar-refractivity contribution < 1.29 is 14.9 Å². The normalized spacial score (nSPS) is 15.6. The third-order valence-electron chi connectivity index (χ3n) is 5.11. The topological polar surface area (TPSA) is 49.7 Å². The van der Waals surface area contributed by atoms with E-state index in [9.17, 15) is 10.2 Å². The number of benzene rings is 4. The molecule has 0 saturated carbocycles. The lowest BCUT2D eigenvalue weighted by molar-refractivity contribution is 0.260. The van der Waals surface area contributed by atoms with Crippen LogP contribution in [-0.2, 0) is 0 Å². The second kappa shape index (κ2) is 6.46. The Hall–Kier alpha value is -3.72. The molecule has 1 heterocycles. The highest BCUT2D eigenvalue weighted by Gasteiger charge is 2.26. The van der Waals surface area contributed by atoms with E-state index in [1.807, 2.05) is 30.3 Å². The Morgan fingerprint density at radius 2 is 1.43 bits per heavy atom. The summed E-state index contributed by atoms with van der Waals surface area (Å²) in [6.45, 7) is 0. The molecule has 0 saturated heterocycles. The molecule has 1 atom stereocenters. The fraction of sp³-hybridized carbons (Fsp3) is 0.0400. The van der Waals surface area contributed by atoms with E-state index in [1.54, 1.807) is 24.3 Å². The highest BCUT2D eigenvalue weighted by molar-refractivity contribution is 5.90. The number of phenols is 2. The molecule has 0 spiro atoms. The van der Waals surface area contributed by atoms with Crippen molar-refractivity contribution in [3.63, 3.8) is 0 Å². The molecule has 2 N–H and O–H groups in total. The highest BCUT2D eigenvalue weighted by atomic mass is 16.5. The number of ether oxygens (including phenoxy) is 1. The summed E-state index contributed by atoms with van der Waals surface area (Å²) in [6, 6.07) is 26.8. The number of hydrogen-bond acceptors (Lipinski definition) is 3. The third-order valence-corrected chi connectivity index (χ3v) is 5.11. The van der Waals surface area contributed by atoms with Crippen LogP contribution < -0.4 is 4.74 Å². The van der Waals surface area contributed by atoms with Crippen molar-refractivity contribution in [2.75, 3.05) is 0 Å². The average molecular weight is 366 g/mol. The molecule has 3 nitrogen and oxygen atoms in total. The van der Waals surface area contributed by atoms with Crippen molar-refractivity contribution in [3.8, 4) is 17.2 Å². The molecule has 0 bridgehead atoms. The van der Waals surface area contributed by atoms with Gasteiger partial charge in [0.1, 0.15) is 23.4 Å². The summed E-state index contributed by atoms with van der Waals surface area (Å²) in [5.74, 6) is 1.06. The van der Waals surface area contributed by atoms with Crippen molar-refractivity contribution in [1.29, 1.82) is 0 Å². The molecule has 136 valence electrons. The zero-order chi connectivity index (χ0) is 19.1. The SMILES string of the molecule is Oc1ccc(C2=Cc3ccc(O)cc3OC2c2ccc3ccccc3c2)cc1. The van der Waals surface area contributed by atoms with Gasteiger partial charge < -0.3 is 14.9 Å². The van der Waals surface area contributed by atoms with Gasteiger partial charge in [-0.2, -0.15) is 0 Å². The molecule has 0 aliphatic carbocycles. The van der Waals surface area contributed by atoms with Gasteiger partial charge in [-0.25, -0.2) is 0 Å². The summed E-state index contributed by atoms with van der Waals surface area (Å²) in [4.78, 5) is 0. The predicted octanol–water partition coefficient (Wildman–Crippen LogP) is 5.93. The number of phenolic OH excluding ortho intramolecular Hbond substituents is 2. The molecule has 1 aliphatic heterocycles. The molecule has 4 aromatic carbocycles. The Balaban J connectivity index is 1.68. The maximum atomic E-state index is 9.87. The van der Waals surface area contributed by atoms with E-state index in [0.717, 1.165) is 27.6 Å². The van der Waals surface area contributed by atoms with Crippen LogP contribution in [0.4, 0.5) is 0 Å². The van der Waals surface area contributed by atoms with Gasteiger partial charge in [0.2, 0.25) is 0 Å². The van der Waals surface area contributed by atoms with Gasteiger partial charge >= 0.3 is 0 Å². The van der Waals surface area contributed by atoms with Crippen LogP contribution in [0.15, 0.2) is 84.9 Å². The van der Waals surface area contributed by atoms with Gasteiger partial charge in [0, 0.05) is 17.2 Å². The molecule has 4 aromatic rings. The molecule has 0 amide bonds.